The lowest BCUT2D eigenvalue weighted by Gasteiger charge is -2.25. The zero-order valence-electron chi connectivity index (χ0n) is 14.8. The van der Waals surface area contributed by atoms with Gasteiger partial charge in [0.25, 0.3) is 0 Å². The number of nitriles is 1. The molecule has 140 valence electrons. The highest BCUT2D eigenvalue weighted by atomic mass is 16.3. The maximum absolute atomic E-state index is 12.4. The van der Waals surface area contributed by atoms with Crippen molar-refractivity contribution in [3.05, 3.63) is 29.8 Å². The first-order valence-electron chi connectivity index (χ1n) is 9.08. The van der Waals surface area contributed by atoms with Crippen LogP contribution in [0.3, 0.4) is 0 Å². The van der Waals surface area contributed by atoms with Crippen molar-refractivity contribution in [3.8, 4) is 11.8 Å². The average Bonchev–Trinajstić information content (AvgIpc) is 2.64. The summed E-state index contributed by atoms with van der Waals surface area (Å²) in [5.41, 5.74) is 0.821. The van der Waals surface area contributed by atoms with Gasteiger partial charge in [-0.3, -0.25) is 4.79 Å². The van der Waals surface area contributed by atoms with Crippen LogP contribution in [-0.2, 0) is 11.2 Å². The molecule has 7 heteroatoms. The van der Waals surface area contributed by atoms with E-state index in [1.165, 1.54) is 6.42 Å². The Morgan fingerprint density at radius 3 is 2.54 bits per heavy atom. The molecule has 1 atom stereocenters. The van der Waals surface area contributed by atoms with Gasteiger partial charge in [0.05, 0.1) is 12.5 Å². The van der Waals surface area contributed by atoms with Crippen molar-refractivity contribution in [3.63, 3.8) is 0 Å². The molecule has 1 fully saturated rings. The molecule has 1 aromatic carbocycles. The van der Waals surface area contributed by atoms with Gasteiger partial charge in [-0.1, -0.05) is 31.4 Å². The van der Waals surface area contributed by atoms with Crippen molar-refractivity contribution in [2.45, 2.75) is 57.0 Å². The summed E-state index contributed by atoms with van der Waals surface area (Å²) in [4.78, 5) is 24.7. The predicted octanol–water partition coefficient (Wildman–Crippen LogP) is 1.97. The number of nitrogens with one attached hydrogen (secondary N) is 3. The fraction of sp³-hybridized carbons (Fsp3) is 0.526. The smallest absolute Gasteiger partial charge is 0.315 e. The molecule has 1 aromatic rings. The molecule has 3 amide bonds. The van der Waals surface area contributed by atoms with Crippen molar-refractivity contribution in [1.82, 2.24) is 16.0 Å². The molecule has 0 aliphatic heterocycles. The van der Waals surface area contributed by atoms with E-state index in [0.29, 0.717) is 6.42 Å². The maximum atomic E-state index is 12.4. The Morgan fingerprint density at radius 2 is 1.88 bits per heavy atom. The Hall–Kier alpha value is -2.75. The van der Waals surface area contributed by atoms with Crippen molar-refractivity contribution in [2.75, 3.05) is 6.54 Å². The first-order chi connectivity index (χ1) is 12.6. The van der Waals surface area contributed by atoms with Gasteiger partial charge >= 0.3 is 6.03 Å². The van der Waals surface area contributed by atoms with E-state index >= 15 is 0 Å². The molecular formula is C19H26N4O3. The van der Waals surface area contributed by atoms with Gasteiger partial charge in [0.15, 0.2) is 0 Å². The number of hydrogen-bond acceptors (Lipinski definition) is 4. The molecule has 0 bridgehead atoms. The Bertz CT molecular complexity index is 633. The van der Waals surface area contributed by atoms with Crippen LogP contribution in [0.1, 0.15) is 44.1 Å². The lowest BCUT2D eigenvalue weighted by atomic mass is 9.96. The number of rotatable bonds is 7. The second-order valence-corrected chi connectivity index (χ2v) is 6.58. The normalized spacial score (nSPS) is 15.5. The Kier molecular flexibility index (Phi) is 7.75. The first-order valence-corrected chi connectivity index (χ1v) is 9.08. The van der Waals surface area contributed by atoms with Crippen LogP contribution in [0.15, 0.2) is 24.3 Å². The zero-order valence-corrected chi connectivity index (χ0v) is 14.8. The van der Waals surface area contributed by atoms with Crippen LogP contribution < -0.4 is 16.0 Å². The lowest BCUT2D eigenvalue weighted by Crippen LogP contribution is -2.53. The molecule has 1 saturated carbocycles. The molecule has 0 aromatic heterocycles. The largest absolute Gasteiger partial charge is 0.508 e. The minimum absolute atomic E-state index is 0.145. The lowest BCUT2D eigenvalue weighted by molar-refractivity contribution is -0.122. The van der Waals surface area contributed by atoms with E-state index in [4.69, 9.17) is 5.26 Å². The number of amides is 3. The molecule has 0 radical (unpaired) electrons. The van der Waals surface area contributed by atoms with Gasteiger partial charge in [-0.05, 0) is 30.5 Å². The Balaban J connectivity index is 1.96. The third-order valence-corrected chi connectivity index (χ3v) is 4.47. The van der Waals surface area contributed by atoms with Crippen molar-refractivity contribution < 1.29 is 14.7 Å². The van der Waals surface area contributed by atoms with E-state index < -0.39 is 6.04 Å². The van der Waals surface area contributed by atoms with Gasteiger partial charge in [0.1, 0.15) is 11.8 Å². The molecule has 0 spiro atoms. The summed E-state index contributed by atoms with van der Waals surface area (Å²) in [6.07, 6.45) is 5.86. The number of nitrogens with zero attached hydrogens (tertiary/aromatic N) is 1. The van der Waals surface area contributed by atoms with Crippen molar-refractivity contribution in [2.24, 2.45) is 0 Å². The van der Waals surface area contributed by atoms with Crippen LogP contribution in [0.25, 0.3) is 0 Å². The summed E-state index contributed by atoms with van der Waals surface area (Å²) in [5.74, 6) is -0.182. The summed E-state index contributed by atoms with van der Waals surface area (Å²) < 4.78 is 0. The van der Waals surface area contributed by atoms with Crippen LogP contribution in [0.2, 0.25) is 0 Å². The van der Waals surface area contributed by atoms with Gasteiger partial charge in [-0.15, -0.1) is 0 Å². The summed E-state index contributed by atoms with van der Waals surface area (Å²) in [7, 11) is 0. The number of phenolic OH excluding ortho intramolecular Hbond substituents is 1. The maximum Gasteiger partial charge on any atom is 0.315 e. The van der Waals surface area contributed by atoms with E-state index in [9.17, 15) is 14.7 Å². The van der Waals surface area contributed by atoms with E-state index in [0.717, 1.165) is 31.2 Å². The highest BCUT2D eigenvalue weighted by molar-refractivity contribution is 5.87. The molecule has 0 heterocycles. The van der Waals surface area contributed by atoms with Crippen LogP contribution in [0, 0.1) is 11.3 Å². The summed E-state index contributed by atoms with van der Waals surface area (Å²) >= 11 is 0. The Labute approximate surface area is 153 Å². The number of hydrogen-bond donors (Lipinski definition) is 4. The number of urea groups is 1. The molecule has 1 unspecified atom stereocenters. The fourth-order valence-corrected chi connectivity index (χ4v) is 3.07. The third kappa shape index (κ3) is 6.63. The highest BCUT2D eigenvalue weighted by Gasteiger charge is 2.23. The van der Waals surface area contributed by atoms with Crippen LogP contribution >= 0.6 is 0 Å². The minimum Gasteiger partial charge on any atom is -0.508 e. The molecule has 0 saturated heterocycles. The summed E-state index contributed by atoms with van der Waals surface area (Å²) in [5, 5.41) is 26.3. The highest BCUT2D eigenvalue weighted by Crippen LogP contribution is 2.17. The minimum atomic E-state index is -0.748. The third-order valence-electron chi connectivity index (χ3n) is 4.47. The summed E-state index contributed by atoms with van der Waals surface area (Å²) in [6, 6.07) is 7.54. The number of aromatic hydroxyl groups is 1. The Morgan fingerprint density at radius 1 is 1.19 bits per heavy atom. The molecule has 26 heavy (non-hydrogen) atoms. The number of phenols is 1. The van der Waals surface area contributed by atoms with Gasteiger partial charge in [-0.2, -0.15) is 5.26 Å². The quantitative estimate of drug-likeness (QED) is 0.558. The summed E-state index contributed by atoms with van der Waals surface area (Å²) in [6.45, 7) is 0.243. The van der Waals surface area contributed by atoms with E-state index in [2.05, 4.69) is 16.0 Å². The van der Waals surface area contributed by atoms with E-state index in [-0.39, 0.29) is 36.7 Å². The second-order valence-electron chi connectivity index (χ2n) is 6.58. The van der Waals surface area contributed by atoms with Crippen LogP contribution in [-0.4, -0.2) is 35.7 Å². The number of benzene rings is 1. The van der Waals surface area contributed by atoms with Crippen molar-refractivity contribution in [1.29, 1.82) is 5.26 Å². The molecule has 1 aliphatic carbocycles. The van der Waals surface area contributed by atoms with E-state index in [1.54, 1.807) is 24.3 Å². The van der Waals surface area contributed by atoms with Gasteiger partial charge in [0, 0.05) is 19.0 Å². The van der Waals surface area contributed by atoms with E-state index in [1.807, 2.05) is 6.07 Å². The van der Waals surface area contributed by atoms with Crippen LogP contribution in [0.5, 0.6) is 5.75 Å². The first kappa shape index (κ1) is 19.6. The van der Waals surface area contributed by atoms with Crippen molar-refractivity contribution >= 4 is 11.9 Å². The number of carbonyl (C=O) groups excluding carboxylic acids is 2. The number of carbonyl (C=O) groups is 2. The van der Waals surface area contributed by atoms with Crippen LogP contribution in [0.4, 0.5) is 4.79 Å². The monoisotopic (exact) mass is 358 g/mol. The van der Waals surface area contributed by atoms with Gasteiger partial charge in [0.2, 0.25) is 5.91 Å². The standard InChI is InChI=1S/C19H26N4O3/c20-11-4-12-21-18(25)17(13-14-7-9-16(24)10-8-14)23-19(26)22-15-5-2-1-3-6-15/h7-10,15,17,24H,1-6,12-13H2,(H,21,25)(H2,22,23,26). The zero-order chi connectivity index (χ0) is 18.8. The average molecular weight is 358 g/mol. The second kappa shape index (κ2) is 10.3. The molecule has 4 N–H and O–H groups in total. The molecular weight excluding hydrogens is 332 g/mol. The fourth-order valence-electron chi connectivity index (χ4n) is 3.07. The SMILES string of the molecule is N#CCCNC(=O)C(Cc1ccc(O)cc1)NC(=O)NC1CCCCC1. The molecule has 1 aliphatic rings. The topological polar surface area (TPSA) is 114 Å². The van der Waals surface area contributed by atoms with Gasteiger partial charge < -0.3 is 21.1 Å². The predicted molar refractivity (Wildman–Crippen MR) is 97.4 cm³/mol. The molecule has 2 rings (SSSR count). The van der Waals surface area contributed by atoms with Gasteiger partial charge in [-0.25, -0.2) is 4.79 Å². The molecule has 7 nitrogen and oxygen atoms in total.